The molecule has 0 aromatic heterocycles. The maximum atomic E-state index is 12.8. The third kappa shape index (κ3) is 6.21. The van der Waals surface area contributed by atoms with Gasteiger partial charge in [0.25, 0.3) is 5.91 Å². The van der Waals surface area contributed by atoms with Gasteiger partial charge in [0.2, 0.25) is 10.0 Å². The lowest BCUT2D eigenvalue weighted by molar-refractivity contribution is 0.102. The van der Waals surface area contributed by atoms with Crippen molar-refractivity contribution >= 4 is 33.0 Å². The highest BCUT2D eigenvalue weighted by molar-refractivity contribution is 7.92. The number of nitrogens with one attached hydrogen (secondary N) is 1. The van der Waals surface area contributed by atoms with Crippen LogP contribution < -0.4 is 14.5 Å². The number of carbonyl (C=O) groups excluding carboxylic acids is 1. The molecule has 4 rings (SSSR count). The van der Waals surface area contributed by atoms with Crippen molar-refractivity contribution < 1.29 is 17.9 Å². The summed E-state index contributed by atoms with van der Waals surface area (Å²) in [6, 6.07) is 20.6. The van der Waals surface area contributed by atoms with Gasteiger partial charge in [-0.25, -0.2) is 8.42 Å². The summed E-state index contributed by atoms with van der Waals surface area (Å²) >= 11 is 0. The molecule has 1 fully saturated rings. The third-order valence-corrected chi connectivity index (χ3v) is 7.20. The van der Waals surface area contributed by atoms with E-state index < -0.39 is 10.0 Å². The van der Waals surface area contributed by atoms with Gasteiger partial charge < -0.3 is 15.0 Å². The lowest BCUT2D eigenvalue weighted by Gasteiger charge is -2.28. The van der Waals surface area contributed by atoms with Crippen LogP contribution in [0.25, 0.3) is 0 Å². The summed E-state index contributed by atoms with van der Waals surface area (Å²) in [5.74, 6) is -0.217. The van der Waals surface area contributed by atoms with Crippen LogP contribution in [0.2, 0.25) is 0 Å². The van der Waals surface area contributed by atoms with E-state index in [0.717, 1.165) is 48.7 Å². The molecule has 8 heteroatoms. The zero-order valence-corrected chi connectivity index (χ0v) is 21.1. The highest BCUT2D eigenvalue weighted by Gasteiger charge is 2.20. The maximum absolute atomic E-state index is 12.8. The number of hydrogen-bond donors (Lipinski definition) is 1. The van der Waals surface area contributed by atoms with Gasteiger partial charge in [0.15, 0.2) is 0 Å². The first-order chi connectivity index (χ1) is 16.7. The predicted molar refractivity (Wildman–Crippen MR) is 141 cm³/mol. The second-order valence-corrected chi connectivity index (χ2v) is 10.8. The molecule has 0 radical (unpaired) electrons. The fraction of sp³-hybridized carbons (Fsp3) is 0.296. The van der Waals surface area contributed by atoms with Crippen LogP contribution in [0.5, 0.6) is 0 Å². The smallest absolute Gasteiger partial charge is 0.255 e. The number of carbonyl (C=O) groups is 1. The number of hydrogen-bond acceptors (Lipinski definition) is 5. The van der Waals surface area contributed by atoms with Crippen LogP contribution in [0, 0.1) is 13.8 Å². The lowest BCUT2D eigenvalue weighted by atomic mass is 10.1. The zero-order valence-electron chi connectivity index (χ0n) is 20.3. The van der Waals surface area contributed by atoms with Crippen molar-refractivity contribution in [1.29, 1.82) is 0 Å². The van der Waals surface area contributed by atoms with Crippen molar-refractivity contribution in [2.24, 2.45) is 0 Å². The summed E-state index contributed by atoms with van der Waals surface area (Å²) in [6.07, 6.45) is 1.21. The van der Waals surface area contributed by atoms with E-state index in [0.29, 0.717) is 16.9 Å². The molecule has 1 saturated heterocycles. The van der Waals surface area contributed by atoms with E-state index in [2.05, 4.69) is 10.2 Å². The molecule has 3 aromatic carbocycles. The molecule has 1 aliphatic heterocycles. The number of anilines is 3. The summed E-state index contributed by atoms with van der Waals surface area (Å²) in [6.45, 7) is 7.19. The van der Waals surface area contributed by atoms with Crippen molar-refractivity contribution in [2.45, 2.75) is 20.4 Å². The quantitative estimate of drug-likeness (QED) is 0.529. The molecule has 0 unspecified atom stereocenters. The molecule has 184 valence electrons. The van der Waals surface area contributed by atoms with E-state index in [1.165, 1.54) is 10.6 Å². The largest absolute Gasteiger partial charge is 0.378 e. The number of ether oxygens (including phenoxy) is 1. The number of sulfonamides is 1. The van der Waals surface area contributed by atoms with Gasteiger partial charge in [0.05, 0.1) is 31.7 Å². The van der Waals surface area contributed by atoms with Gasteiger partial charge in [0, 0.05) is 30.0 Å². The van der Waals surface area contributed by atoms with Crippen molar-refractivity contribution in [3.8, 4) is 0 Å². The Morgan fingerprint density at radius 1 is 0.971 bits per heavy atom. The standard InChI is InChI=1S/C27H31N3O4S/c1-20-4-5-21(2)26(18-20)30(35(3,32)33)19-22-6-8-23(9-7-22)27(31)28-24-10-12-25(13-11-24)29-14-16-34-17-15-29/h4-13,18H,14-17,19H2,1-3H3,(H,28,31). The number of aryl methyl sites for hydroxylation is 2. The van der Waals surface area contributed by atoms with Crippen LogP contribution >= 0.6 is 0 Å². The molecule has 0 aliphatic carbocycles. The van der Waals surface area contributed by atoms with Crippen LogP contribution in [0.15, 0.2) is 66.7 Å². The second kappa shape index (κ2) is 10.5. The lowest BCUT2D eigenvalue weighted by Crippen LogP contribution is -2.36. The Kier molecular flexibility index (Phi) is 7.42. The van der Waals surface area contributed by atoms with Crippen LogP contribution in [0.4, 0.5) is 17.1 Å². The van der Waals surface area contributed by atoms with E-state index in [-0.39, 0.29) is 12.5 Å². The fourth-order valence-electron chi connectivity index (χ4n) is 4.08. The summed E-state index contributed by atoms with van der Waals surface area (Å²) in [7, 11) is -3.49. The van der Waals surface area contributed by atoms with Crippen LogP contribution in [0.3, 0.4) is 0 Å². The SMILES string of the molecule is Cc1ccc(C)c(N(Cc2ccc(C(=O)Nc3ccc(N4CCOCC4)cc3)cc2)S(C)(=O)=O)c1. The summed E-state index contributed by atoms with van der Waals surface area (Å²) in [4.78, 5) is 15.0. The van der Waals surface area contributed by atoms with Crippen molar-refractivity contribution in [2.75, 3.05) is 47.1 Å². The maximum Gasteiger partial charge on any atom is 0.255 e. The van der Waals surface area contributed by atoms with Gasteiger partial charge in [-0.15, -0.1) is 0 Å². The van der Waals surface area contributed by atoms with Crippen LogP contribution in [-0.4, -0.2) is 46.9 Å². The van der Waals surface area contributed by atoms with Gasteiger partial charge in [0.1, 0.15) is 0 Å². The molecule has 1 aliphatic rings. The van der Waals surface area contributed by atoms with Gasteiger partial charge in [-0.1, -0.05) is 24.3 Å². The molecule has 0 spiro atoms. The Balaban J connectivity index is 1.44. The monoisotopic (exact) mass is 493 g/mol. The fourth-order valence-corrected chi connectivity index (χ4v) is 5.01. The van der Waals surface area contributed by atoms with E-state index in [9.17, 15) is 13.2 Å². The molecule has 7 nitrogen and oxygen atoms in total. The zero-order chi connectivity index (χ0) is 25.0. The molecule has 3 aromatic rings. The molecular weight excluding hydrogens is 462 g/mol. The Morgan fingerprint density at radius 3 is 2.26 bits per heavy atom. The predicted octanol–water partition coefficient (Wildman–Crippen LogP) is 4.36. The normalized spacial score (nSPS) is 14.0. The second-order valence-electron chi connectivity index (χ2n) is 8.86. The van der Waals surface area contributed by atoms with Crippen LogP contribution in [-0.2, 0) is 21.3 Å². The first-order valence-electron chi connectivity index (χ1n) is 11.6. The Hall–Kier alpha value is -3.36. The third-order valence-electron chi connectivity index (χ3n) is 6.08. The Labute approximate surface area is 207 Å². The average molecular weight is 494 g/mol. The molecule has 1 heterocycles. The number of amides is 1. The van der Waals surface area contributed by atoms with E-state index >= 15 is 0 Å². The number of benzene rings is 3. The molecule has 0 saturated carbocycles. The molecule has 35 heavy (non-hydrogen) atoms. The van der Waals surface area contributed by atoms with Crippen molar-refractivity contribution in [3.05, 3.63) is 89.0 Å². The molecule has 0 atom stereocenters. The molecule has 1 amide bonds. The molecular formula is C27H31N3O4S. The van der Waals surface area contributed by atoms with Crippen molar-refractivity contribution in [1.82, 2.24) is 0 Å². The van der Waals surface area contributed by atoms with Crippen molar-refractivity contribution in [3.63, 3.8) is 0 Å². The topological polar surface area (TPSA) is 79.0 Å². The van der Waals surface area contributed by atoms with Crippen LogP contribution in [0.1, 0.15) is 27.0 Å². The minimum absolute atomic E-state index is 0.189. The highest BCUT2D eigenvalue weighted by Crippen LogP contribution is 2.26. The molecule has 0 bridgehead atoms. The number of rotatable bonds is 7. The Bertz CT molecular complexity index is 1280. The highest BCUT2D eigenvalue weighted by atomic mass is 32.2. The summed E-state index contributed by atoms with van der Waals surface area (Å²) in [5.41, 5.74) is 5.66. The molecule has 1 N–H and O–H groups in total. The van der Waals surface area contributed by atoms with E-state index in [4.69, 9.17) is 4.74 Å². The van der Waals surface area contributed by atoms with E-state index in [1.807, 2.05) is 56.3 Å². The average Bonchev–Trinajstić information content (AvgIpc) is 2.85. The summed E-state index contributed by atoms with van der Waals surface area (Å²) < 4.78 is 31.9. The van der Waals surface area contributed by atoms with Gasteiger partial charge in [-0.2, -0.15) is 0 Å². The minimum atomic E-state index is -3.49. The summed E-state index contributed by atoms with van der Waals surface area (Å²) in [5, 5.41) is 2.92. The van der Waals surface area contributed by atoms with Gasteiger partial charge >= 0.3 is 0 Å². The minimum Gasteiger partial charge on any atom is -0.378 e. The Morgan fingerprint density at radius 2 is 1.63 bits per heavy atom. The first kappa shape index (κ1) is 24.8. The first-order valence-corrected chi connectivity index (χ1v) is 13.4. The van der Waals surface area contributed by atoms with Gasteiger partial charge in [-0.3, -0.25) is 9.10 Å². The van der Waals surface area contributed by atoms with E-state index in [1.54, 1.807) is 24.3 Å². The number of morpholine rings is 1. The number of nitrogens with zero attached hydrogens (tertiary/aromatic N) is 2. The van der Waals surface area contributed by atoms with Gasteiger partial charge in [-0.05, 0) is 73.0 Å².